The summed E-state index contributed by atoms with van der Waals surface area (Å²) in [5, 5.41) is 15.0. The van der Waals surface area contributed by atoms with Crippen molar-refractivity contribution in [2.24, 2.45) is 0 Å². The predicted molar refractivity (Wildman–Crippen MR) is 88.1 cm³/mol. The molecule has 0 unspecified atom stereocenters. The average Bonchev–Trinajstić information content (AvgIpc) is 3.04. The zero-order valence-corrected chi connectivity index (χ0v) is 13.4. The topological polar surface area (TPSA) is 55.6 Å². The average molecular weight is 372 g/mol. The number of nitrogens with one attached hydrogen (secondary N) is 1. The molecule has 1 aromatic heterocycles. The molecule has 3 aromatic rings. The minimum Gasteiger partial charge on any atom is -0.323 e. The van der Waals surface area contributed by atoms with Crippen molar-refractivity contribution in [1.29, 1.82) is 0 Å². The van der Waals surface area contributed by atoms with Gasteiger partial charge in [0, 0.05) is 10.2 Å². The molecule has 7 heteroatoms. The fraction of sp³-hybridized carbons (Fsp3) is 0.0625. The standard InChI is InChI=1S/C16H11BrFN5/c17-12-5-1-10(2-6-12)14-9-15(11-3-7-13(18)8-4-11)23-16(19-14)20-21-22-23/h1-9,15H,(H,19,20,22)/t15-/m1/s1. The fourth-order valence-electron chi connectivity index (χ4n) is 2.55. The summed E-state index contributed by atoms with van der Waals surface area (Å²) in [4.78, 5) is 0. The van der Waals surface area contributed by atoms with Crippen molar-refractivity contribution in [3.8, 4) is 0 Å². The Labute approximate surface area is 140 Å². The minimum atomic E-state index is -0.267. The van der Waals surface area contributed by atoms with E-state index in [1.54, 1.807) is 16.8 Å². The molecule has 5 nitrogen and oxygen atoms in total. The van der Waals surface area contributed by atoms with Gasteiger partial charge >= 0.3 is 0 Å². The SMILES string of the molecule is Fc1ccc([C@H]2C=C(c3ccc(Br)cc3)Nc3nnnn32)cc1. The summed E-state index contributed by atoms with van der Waals surface area (Å²) in [6.07, 6.45) is 2.03. The number of aromatic nitrogens is 4. The summed E-state index contributed by atoms with van der Waals surface area (Å²) in [6.45, 7) is 0. The van der Waals surface area contributed by atoms with Crippen molar-refractivity contribution in [1.82, 2.24) is 20.2 Å². The highest BCUT2D eigenvalue weighted by Gasteiger charge is 2.24. The van der Waals surface area contributed by atoms with Gasteiger partial charge in [-0.2, -0.15) is 4.68 Å². The first kappa shape index (κ1) is 14.1. The number of rotatable bonds is 2. The molecule has 0 bridgehead atoms. The molecule has 2 heterocycles. The largest absolute Gasteiger partial charge is 0.323 e. The number of anilines is 1. The van der Waals surface area contributed by atoms with E-state index in [2.05, 4.69) is 36.8 Å². The maximum Gasteiger partial charge on any atom is 0.248 e. The molecule has 0 aliphatic carbocycles. The second-order valence-electron chi connectivity index (χ2n) is 5.16. The third kappa shape index (κ3) is 2.63. The predicted octanol–water partition coefficient (Wildman–Crippen LogP) is 3.63. The molecule has 4 rings (SSSR count). The Morgan fingerprint density at radius 3 is 2.52 bits per heavy atom. The van der Waals surface area contributed by atoms with Crippen LogP contribution in [0.1, 0.15) is 17.2 Å². The Morgan fingerprint density at radius 2 is 1.78 bits per heavy atom. The van der Waals surface area contributed by atoms with E-state index in [0.29, 0.717) is 5.95 Å². The molecule has 23 heavy (non-hydrogen) atoms. The molecule has 114 valence electrons. The van der Waals surface area contributed by atoms with E-state index in [1.807, 2.05) is 30.3 Å². The lowest BCUT2D eigenvalue weighted by molar-refractivity contribution is 0.582. The van der Waals surface area contributed by atoms with E-state index in [4.69, 9.17) is 0 Å². The highest BCUT2D eigenvalue weighted by Crippen LogP contribution is 2.31. The lowest BCUT2D eigenvalue weighted by Crippen LogP contribution is -2.20. The Hall–Kier alpha value is -2.54. The maximum atomic E-state index is 13.2. The van der Waals surface area contributed by atoms with E-state index in [0.717, 1.165) is 21.3 Å². The first-order chi connectivity index (χ1) is 11.2. The molecule has 0 spiro atoms. The molecule has 0 radical (unpaired) electrons. The van der Waals surface area contributed by atoms with Gasteiger partial charge in [-0.05, 0) is 51.9 Å². The van der Waals surface area contributed by atoms with Crippen LogP contribution in [-0.2, 0) is 0 Å². The van der Waals surface area contributed by atoms with Crippen LogP contribution in [0.5, 0.6) is 0 Å². The van der Waals surface area contributed by atoms with Crippen molar-refractivity contribution < 1.29 is 4.39 Å². The zero-order chi connectivity index (χ0) is 15.8. The second-order valence-corrected chi connectivity index (χ2v) is 6.07. The van der Waals surface area contributed by atoms with Crippen molar-refractivity contribution in [3.63, 3.8) is 0 Å². The quantitative estimate of drug-likeness (QED) is 0.747. The van der Waals surface area contributed by atoms with Crippen molar-refractivity contribution in [2.45, 2.75) is 6.04 Å². The first-order valence-corrected chi connectivity index (χ1v) is 7.78. The van der Waals surface area contributed by atoms with Gasteiger partial charge in [0.15, 0.2) is 0 Å². The van der Waals surface area contributed by atoms with Gasteiger partial charge in [0.1, 0.15) is 11.9 Å². The van der Waals surface area contributed by atoms with Gasteiger partial charge in [-0.25, -0.2) is 4.39 Å². The molecular formula is C16H11BrFN5. The Morgan fingerprint density at radius 1 is 1.04 bits per heavy atom. The van der Waals surface area contributed by atoms with Crippen molar-refractivity contribution >= 4 is 27.6 Å². The number of benzene rings is 2. The van der Waals surface area contributed by atoms with E-state index in [-0.39, 0.29) is 11.9 Å². The molecule has 0 saturated carbocycles. The lowest BCUT2D eigenvalue weighted by atomic mass is 10.0. The van der Waals surface area contributed by atoms with Crippen LogP contribution >= 0.6 is 15.9 Å². The summed E-state index contributed by atoms with van der Waals surface area (Å²) < 4.78 is 15.9. The van der Waals surface area contributed by atoms with Gasteiger partial charge in [0.2, 0.25) is 5.95 Å². The number of tetrazole rings is 1. The van der Waals surface area contributed by atoms with Crippen LogP contribution in [0.2, 0.25) is 0 Å². The van der Waals surface area contributed by atoms with Gasteiger partial charge in [-0.1, -0.05) is 45.3 Å². The molecule has 1 N–H and O–H groups in total. The number of hydrogen-bond acceptors (Lipinski definition) is 4. The monoisotopic (exact) mass is 371 g/mol. The van der Waals surface area contributed by atoms with Crippen molar-refractivity contribution in [3.05, 3.63) is 76.0 Å². The summed E-state index contributed by atoms with van der Waals surface area (Å²) in [7, 11) is 0. The smallest absolute Gasteiger partial charge is 0.248 e. The second kappa shape index (κ2) is 5.58. The Bertz CT molecular complexity index is 870. The Balaban J connectivity index is 1.79. The number of hydrogen-bond donors (Lipinski definition) is 1. The molecule has 1 aliphatic rings. The van der Waals surface area contributed by atoms with Crippen LogP contribution in [0.3, 0.4) is 0 Å². The van der Waals surface area contributed by atoms with Crippen molar-refractivity contribution in [2.75, 3.05) is 5.32 Å². The fourth-order valence-corrected chi connectivity index (χ4v) is 2.81. The molecular weight excluding hydrogens is 361 g/mol. The molecule has 0 saturated heterocycles. The van der Waals surface area contributed by atoms with Crippen LogP contribution in [-0.4, -0.2) is 20.2 Å². The third-order valence-corrected chi connectivity index (χ3v) is 4.22. The first-order valence-electron chi connectivity index (χ1n) is 6.99. The number of halogens is 2. The molecule has 1 aliphatic heterocycles. The van der Waals surface area contributed by atoms with E-state index in [1.165, 1.54) is 12.1 Å². The number of allylic oxidation sites excluding steroid dienone is 1. The molecule has 2 aromatic carbocycles. The van der Waals surface area contributed by atoms with Crippen LogP contribution in [0.15, 0.2) is 59.1 Å². The summed E-state index contributed by atoms with van der Waals surface area (Å²) in [6, 6.07) is 14.1. The number of fused-ring (bicyclic) bond motifs is 1. The third-order valence-electron chi connectivity index (χ3n) is 3.69. The molecule has 1 atom stereocenters. The minimum absolute atomic E-state index is 0.194. The van der Waals surface area contributed by atoms with Gasteiger partial charge in [-0.3, -0.25) is 0 Å². The van der Waals surface area contributed by atoms with E-state index >= 15 is 0 Å². The number of nitrogens with zero attached hydrogens (tertiary/aromatic N) is 4. The molecule has 0 fully saturated rings. The van der Waals surface area contributed by atoms with E-state index in [9.17, 15) is 4.39 Å². The van der Waals surface area contributed by atoms with Gasteiger partial charge in [0.05, 0.1) is 0 Å². The lowest BCUT2D eigenvalue weighted by Gasteiger charge is -2.23. The van der Waals surface area contributed by atoms with Gasteiger partial charge in [0.25, 0.3) is 0 Å². The van der Waals surface area contributed by atoms with Crippen LogP contribution < -0.4 is 5.32 Å². The van der Waals surface area contributed by atoms with Gasteiger partial charge < -0.3 is 5.32 Å². The Kier molecular flexibility index (Phi) is 3.42. The highest BCUT2D eigenvalue weighted by atomic mass is 79.9. The van der Waals surface area contributed by atoms with E-state index < -0.39 is 0 Å². The highest BCUT2D eigenvalue weighted by molar-refractivity contribution is 9.10. The van der Waals surface area contributed by atoms with Crippen LogP contribution in [0.25, 0.3) is 5.70 Å². The van der Waals surface area contributed by atoms with Crippen LogP contribution in [0, 0.1) is 5.82 Å². The zero-order valence-electron chi connectivity index (χ0n) is 11.8. The summed E-state index contributed by atoms with van der Waals surface area (Å²) >= 11 is 3.43. The molecule has 0 amide bonds. The normalized spacial score (nSPS) is 16.4. The summed E-state index contributed by atoms with van der Waals surface area (Å²) in [5.74, 6) is 0.288. The summed E-state index contributed by atoms with van der Waals surface area (Å²) in [5.41, 5.74) is 2.85. The van der Waals surface area contributed by atoms with Crippen LogP contribution in [0.4, 0.5) is 10.3 Å². The van der Waals surface area contributed by atoms with Gasteiger partial charge in [-0.15, -0.1) is 0 Å². The maximum absolute atomic E-state index is 13.2.